The van der Waals surface area contributed by atoms with E-state index in [0.29, 0.717) is 16.3 Å². The standard InChI is InChI=1S/C12H10ClNO2S/c13-8-3-4-10(11(14)6-8)12(15)16-7-9-2-1-5-17-9/h1-6H,7,14H2. The smallest absolute Gasteiger partial charge is 0.340 e. The summed E-state index contributed by atoms with van der Waals surface area (Å²) in [7, 11) is 0. The molecular formula is C12H10ClNO2S. The number of thiophene rings is 1. The van der Waals surface area contributed by atoms with Gasteiger partial charge in [0.15, 0.2) is 0 Å². The minimum Gasteiger partial charge on any atom is -0.456 e. The van der Waals surface area contributed by atoms with Gasteiger partial charge in [0.05, 0.1) is 5.56 Å². The number of nitrogen functional groups attached to an aromatic ring is 1. The number of ether oxygens (including phenoxy) is 1. The second-order valence-electron chi connectivity index (χ2n) is 3.39. The van der Waals surface area contributed by atoms with Crippen LogP contribution < -0.4 is 5.73 Å². The first-order valence-corrected chi connectivity index (χ1v) is 6.17. The van der Waals surface area contributed by atoms with Gasteiger partial charge in [0, 0.05) is 15.6 Å². The normalized spacial score (nSPS) is 10.2. The van der Waals surface area contributed by atoms with Crippen molar-refractivity contribution in [1.82, 2.24) is 0 Å². The molecule has 0 bridgehead atoms. The van der Waals surface area contributed by atoms with Crippen molar-refractivity contribution in [2.45, 2.75) is 6.61 Å². The third kappa shape index (κ3) is 2.99. The summed E-state index contributed by atoms with van der Waals surface area (Å²) in [6.07, 6.45) is 0. The zero-order valence-electron chi connectivity index (χ0n) is 8.85. The molecule has 1 heterocycles. The Hall–Kier alpha value is -1.52. The SMILES string of the molecule is Nc1cc(Cl)ccc1C(=O)OCc1cccs1. The van der Waals surface area contributed by atoms with Gasteiger partial charge in [-0.1, -0.05) is 17.7 Å². The van der Waals surface area contributed by atoms with Gasteiger partial charge in [0.25, 0.3) is 0 Å². The van der Waals surface area contributed by atoms with Gasteiger partial charge in [-0.3, -0.25) is 0 Å². The van der Waals surface area contributed by atoms with E-state index in [1.807, 2.05) is 17.5 Å². The molecule has 0 amide bonds. The molecule has 0 aliphatic carbocycles. The molecule has 0 radical (unpaired) electrons. The second kappa shape index (κ2) is 5.21. The molecule has 2 aromatic rings. The lowest BCUT2D eigenvalue weighted by Crippen LogP contribution is -2.07. The molecule has 2 rings (SSSR count). The molecule has 0 saturated carbocycles. The highest BCUT2D eigenvalue weighted by atomic mass is 35.5. The third-order valence-electron chi connectivity index (χ3n) is 2.16. The molecule has 1 aromatic carbocycles. The zero-order chi connectivity index (χ0) is 12.3. The van der Waals surface area contributed by atoms with Gasteiger partial charge in [-0.2, -0.15) is 0 Å². The molecule has 1 aromatic heterocycles. The van der Waals surface area contributed by atoms with Crippen LogP contribution in [0.4, 0.5) is 5.69 Å². The van der Waals surface area contributed by atoms with Crippen molar-refractivity contribution in [3.05, 3.63) is 51.2 Å². The molecule has 3 nitrogen and oxygen atoms in total. The number of hydrogen-bond donors (Lipinski definition) is 1. The first kappa shape index (κ1) is 12.0. The van der Waals surface area contributed by atoms with Crippen LogP contribution in [0.5, 0.6) is 0 Å². The van der Waals surface area contributed by atoms with Crippen molar-refractivity contribution in [1.29, 1.82) is 0 Å². The van der Waals surface area contributed by atoms with E-state index < -0.39 is 5.97 Å². The van der Waals surface area contributed by atoms with Gasteiger partial charge in [-0.25, -0.2) is 4.79 Å². The summed E-state index contributed by atoms with van der Waals surface area (Å²) in [5.41, 5.74) is 6.35. The Morgan fingerprint density at radius 2 is 2.24 bits per heavy atom. The van der Waals surface area contributed by atoms with E-state index in [1.54, 1.807) is 12.1 Å². The number of carbonyl (C=O) groups excluding carboxylic acids is 1. The lowest BCUT2D eigenvalue weighted by atomic mass is 10.2. The molecule has 0 saturated heterocycles. The summed E-state index contributed by atoms with van der Waals surface area (Å²) in [6.45, 7) is 0.262. The van der Waals surface area contributed by atoms with Crippen LogP contribution in [0.25, 0.3) is 0 Å². The summed E-state index contributed by atoms with van der Waals surface area (Å²) in [5, 5.41) is 2.43. The Balaban J connectivity index is 2.04. The number of anilines is 1. The summed E-state index contributed by atoms with van der Waals surface area (Å²) < 4.78 is 5.14. The molecule has 0 aliphatic heterocycles. The summed E-state index contributed by atoms with van der Waals surface area (Å²) in [5.74, 6) is -0.437. The van der Waals surface area contributed by atoms with E-state index >= 15 is 0 Å². The monoisotopic (exact) mass is 267 g/mol. The van der Waals surface area contributed by atoms with E-state index in [4.69, 9.17) is 22.1 Å². The van der Waals surface area contributed by atoms with E-state index in [9.17, 15) is 4.79 Å². The van der Waals surface area contributed by atoms with Gasteiger partial charge in [-0.05, 0) is 29.6 Å². The van der Waals surface area contributed by atoms with Crippen LogP contribution >= 0.6 is 22.9 Å². The maximum absolute atomic E-state index is 11.7. The van der Waals surface area contributed by atoms with E-state index in [1.165, 1.54) is 17.4 Å². The Morgan fingerprint density at radius 1 is 1.41 bits per heavy atom. The van der Waals surface area contributed by atoms with E-state index in [2.05, 4.69) is 0 Å². The largest absolute Gasteiger partial charge is 0.456 e. The summed E-state index contributed by atoms with van der Waals surface area (Å²) in [4.78, 5) is 12.7. The molecule has 17 heavy (non-hydrogen) atoms. The van der Waals surface area contributed by atoms with Crippen molar-refractivity contribution in [2.24, 2.45) is 0 Å². The quantitative estimate of drug-likeness (QED) is 0.685. The maximum atomic E-state index is 11.7. The lowest BCUT2D eigenvalue weighted by molar-refractivity contribution is 0.0478. The fourth-order valence-electron chi connectivity index (χ4n) is 1.33. The van der Waals surface area contributed by atoms with Crippen molar-refractivity contribution in [2.75, 3.05) is 5.73 Å². The van der Waals surface area contributed by atoms with Crippen molar-refractivity contribution < 1.29 is 9.53 Å². The summed E-state index contributed by atoms with van der Waals surface area (Å²) >= 11 is 7.29. The predicted molar refractivity (Wildman–Crippen MR) is 69.3 cm³/mol. The van der Waals surface area contributed by atoms with Crippen LogP contribution in [0.15, 0.2) is 35.7 Å². The van der Waals surface area contributed by atoms with Crippen LogP contribution in [0.3, 0.4) is 0 Å². The molecule has 2 N–H and O–H groups in total. The zero-order valence-corrected chi connectivity index (χ0v) is 10.4. The Labute approximate surface area is 108 Å². The van der Waals surface area contributed by atoms with Crippen LogP contribution in [0.2, 0.25) is 5.02 Å². The Morgan fingerprint density at radius 3 is 2.88 bits per heavy atom. The number of carbonyl (C=O) groups is 1. The van der Waals surface area contributed by atoms with E-state index in [-0.39, 0.29) is 6.61 Å². The van der Waals surface area contributed by atoms with Crippen LogP contribution in [-0.4, -0.2) is 5.97 Å². The van der Waals surface area contributed by atoms with Crippen molar-refractivity contribution in [3.63, 3.8) is 0 Å². The lowest BCUT2D eigenvalue weighted by Gasteiger charge is -2.06. The summed E-state index contributed by atoms with van der Waals surface area (Å²) in [6, 6.07) is 8.52. The second-order valence-corrected chi connectivity index (χ2v) is 4.86. The number of hydrogen-bond acceptors (Lipinski definition) is 4. The highest BCUT2D eigenvalue weighted by Gasteiger charge is 2.11. The first-order chi connectivity index (χ1) is 8.16. The van der Waals surface area contributed by atoms with Crippen molar-refractivity contribution >= 4 is 34.6 Å². The Kier molecular flexibility index (Phi) is 3.66. The van der Waals surface area contributed by atoms with Gasteiger partial charge in [0.1, 0.15) is 6.61 Å². The minimum absolute atomic E-state index is 0.262. The topological polar surface area (TPSA) is 52.3 Å². The molecule has 0 aliphatic rings. The number of nitrogens with two attached hydrogens (primary N) is 1. The molecule has 0 spiro atoms. The average Bonchev–Trinajstić information content (AvgIpc) is 2.78. The Bertz CT molecular complexity index is 525. The van der Waals surface area contributed by atoms with Crippen LogP contribution in [-0.2, 0) is 11.3 Å². The van der Waals surface area contributed by atoms with Gasteiger partial charge < -0.3 is 10.5 Å². The minimum atomic E-state index is -0.437. The van der Waals surface area contributed by atoms with Crippen LogP contribution in [0, 0.1) is 0 Å². The highest BCUT2D eigenvalue weighted by molar-refractivity contribution is 7.09. The molecule has 0 unspecified atom stereocenters. The molecule has 0 atom stereocenters. The maximum Gasteiger partial charge on any atom is 0.340 e. The number of halogens is 1. The number of esters is 1. The molecule has 88 valence electrons. The molecular weight excluding hydrogens is 258 g/mol. The first-order valence-electron chi connectivity index (χ1n) is 4.91. The van der Waals surface area contributed by atoms with Gasteiger partial charge in [0.2, 0.25) is 0 Å². The van der Waals surface area contributed by atoms with Gasteiger partial charge >= 0.3 is 5.97 Å². The fourth-order valence-corrected chi connectivity index (χ4v) is 2.13. The van der Waals surface area contributed by atoms with Crippen LogP contribution in [0.1, 0.15) is 15.2 Å². The van der Waals surface area contributed by atoms with E-state index in [0.717, 1.165) is 4.88 Å². The third-order valence-corrected chi connectivity index (χ3v) is 3.24. The average molecular weight is 268 g/mol. The van der Waals surface area contributed by atoms with Crippen molar-refractivity contribution in [3.8, 4) is 0 Å². The fraction of sp³-hybridized carbons (Fsp3) is 0.0833. The number of benzene rings is 1. The predicted octanol–water partition coefficient (Wildman–Crippen LogP) is 3.34. The van der Waals surface area contributed by atoms with Gasteiger partial charge in [-0.15, -0.1) is 11.3 Å². The number of rotatable bonds is 3. The highest BCUT2D eigenvalue weighted by Crippen LogP contribution is 2.19. The molecule has 5 heteroatoms. The molecule has 0 fully saturated rings.